The van der Waals surface area contributed by atoms with Crippen molar-refractivity contribution in [3.63, 3.8) is 0 Å². The number of nitrogens with one attached hydrogen (secondary N) is 2. The lowest BCUT2D eigenvalue weighted by Crippen LogP contribution is -2.48. The molecule has 0 aliphatic carbocycles. The van der Waals surface area contributed by atoms with E-state index in [4.69, 9.17) is 4.42 Å². The van der Waals surface area contributed by atoms with Gasteiger partial charge in [0.05, 0.1) is 12.8 Å². The summed E-state index contributed by atoms with van der Waals surface area (Å²) in [6.45, 7) is -2.06. The molecule has 0 bridgehead atoms. The lowest BCUT2D eigenvalue weighted by atomic mass is 9.98. The van der Waals surface area contributed by atoms with Crippen LogP contribution in [0.15, 0.2) is 40.3 Å². The van der Waals surface area contributed by atoms with E-state index in [0.29, 0.717) is 4.88 Å². The molecule has 0 aromatic carbocycles. The Labute approximate surface area is 138 Å². The Bertz CT molecular complexity index is 649. The summed E-state index contributed by atoms with van der Waals surface area (Å²) >= 11 is 1.19. The Morgan fingerprint density at radius 2 is 1.79 bits per heavy atom. The summed E-state index contributed by atoms with van der Waals surface area (Å²) in [6.07, 6.45) is -3.30. The highest BCUT2D eigenvalue weighted by Crippen LogP contribution is 2.32. The topological polar surface area (TPSA) is 91.6 Å². The lowest BCUT2D eigenvalue weighted by molar-refractivity contribution is -0.146. The number of hydrogen-bond acceptors (Lipinski definition) is 5. The Morgan fingerprint density at radius 3 is 2.29 bits per heavy atom. The van der Waals surface area contributed by atoms with Crippen molar-refractivity contribution in [2.45, 2.75) is 11.8 Å². The second-order valence-corrected chi connectivity index (χ2v) is 5.74. The van der Waals surface area contributed by atoms with Crippen molar-refractivity contribution < 1.29 is 32.3 Å². The molecule has 1 atom stereocenters. The van der Waals surface area contributed by atoms with Gasteiger partial charge in [-0.3, -0.25) is 9.59 Å². The average Bonchev–Trinajstić information content (AvgIpc) is 3.22. The maximum absolute atomic E-state index is 12.0. The Hall–Kier alpha value is -2.33. The number of carbonyl (C=O) groups is 2. The molecule has 24 heavy (non-hydrogen) atoms. The van der Waals surface area contributed by atoms with Gasteiger partial charge in [0.2, 0.25) is 0 Å². The zero-order valence-corrected chi connectivity index (χ0v) is 12.9. The summed E-state index contributed by atoms with van der Waals surface area (Å²) in [4.78, 5) is 23.4. The summed E-state index contributed by atoms with van der Waals surface area (Å²) in [7, 11) is 0. The molecule has 6 nitrogen and oxygen atoms in total. The van der Waals surface area contributed by atoms with E-state index in [1.165, 1.54) is 35.0 Å². The second kappa shape index (κ2) is 7.05. The van der Waals surface area contributed by atoms with Crippen LogP contribution < -0.4 is 10.6 Å². The first-order valence-corrected chi connectivity index (χ1v) is 7.53. The highest BCUT2D eigenvalue weighted by molar-refractivity contribution is 7.10. The molecule has 2 aromatic heterocycles. The van der Waals surface area contributed by atoms with Crippen molar-refractivity contribution in [2.75, 3.05) is 13.1 Å². The third-order valence-corrected chi connectivity index (χ3v) is 4.04. The van der Waals surface area contributed by atoms with Crippen LogP contribution in [-0.4, -0.2) is 36.2 Å². The van der Waals surface area contributed by atoms with Crippen LogP contribution in [-0.2, 0) is 15.2 Å². The van der Waals surface area contributed by atoms with Crippen LogP contribution >= 0.6 is 11.3 Å². The highest BCUT2D eigenvalue weighted by Gasteiger charge is 2.37. The van der Waals surface area contributed by atoms with Gasteiger partial charge in [-0.15, -0.1) is 11.3 Å². The maximum Gasteiger partial charge on any atom is 0.405 e. The maximum atomic E-state index is 12.0. The number of furan rings is 1. The van der Waals surface area contributed by atoms with Crippen molar-refractivity contribution in [1.29, 1.82) is 0 Å². The van der Waals surface area contributed by atoms with Crippen LogP contribution in [0, 0.1) is 0 Å². The van der Waals surface area contributed by atoms with Crippen LogP contribution in [0.25, 0.3) is 0 Å². The predicted octanol–water partition coefficient (Wildman–Crippen LogP) is 1.37. The molecule has 2 rings (SSSR count). The van der Waals surface area contributed by atoms with Crippen molar-refractivity contribution >= 4 is 23.2 Å². The fourth-order valence-electron chi connectivity index (χ4n) is 1.87. The molecule has 0 saturated heterocycles. The molecule has 0 fully saturated rings. The van der Waals surface area contributed by atoms with E-state index in [0.717, 1.165) is 0 Å². The summed E-state index contributed by atoms with van der Waals surface area (Å²) < 4.78 is 41.2. The smallest absolute Gasteiger partial charge is 0.405 e. The van der Waals surface area contributed by atoms with Crippen LogP contribution in [0.2, 0.25) is 0 Å². The number of halogens is 3. The summed E-state index contributed by atoms with van der Waals surface area (Å²) in [6, 6.07) is 6.29. The van der Waals surface area contributed by atoms with Crippen molar-refractivity contribution in [3.05, 3.63) is 46.5 Å². The zero-order chi connectivity index (χ0) is 17.8. The van der Waals surface area contributed by atoms with Gasteiger partial charge in [0.1, 0.15) is 12.3 Å². The number of hydrogen-bond donors (Lipinski definition) is 3. The standard InChI is InChI=1S/C14H13F3N2O4S/c15-14(16,17)8-19-12(21)11(20)18-7-13(22,9-3-1-5-23-9)10-4-2-6-24-10/h1-6,22H,7-8H2,(H,18,20)(H,19,21). The molecule has 2 amide bonds. The number of carbonyl (C=O) groups excluding carboxylic acids is 2. The predicted molar refractivity (Wildman–Crippen MR) is 78.1 cm³/mol. The lowest BCUT2D eigenvalue weighted by Gasteiger charge is -2.25. The van der Waals surface area contributed by atoms with E-state index in [9.17, 15) is 27.9 Å². The minimum absolute atomic E-state index is 0.126. The first-order valence-electron chi connectivity index (χ1n) is 6.65. The van der Waals surface area contributed by atoms with Gasteiger partial charge < -0.3 is 20.2 Å². The third kappa shape index (κ3) is 4.36. The quantitative estimate of drug-likeness (QED) is 0.701. The molecule has 0 saturated carbocycles. The molecule has 130 valence electrons. The van der Waals surface area contributed by atoms with E-state index >= 15 is 0 Å². The average molecular weight is 362 g/mol. The fourth-order valence-corrected chi connectivity index (χ4v) is 2.70. The van der Waals surface area contributed by atoms with Crippen molar-refractivity contribution in [1.82, 2.24) is 10.6 Å². The molecule has 1 unspecified atom stereocenters. The van der Waals surface area contributed by atoms with Crippen molar-refractivity contribution in [3.8, 4) is 0 Å². The Balaban J connectivity index is 2.04. The summed E-state index contributed by atoms with van der Waals surface area (Å²) in [5, 5.41) is 16.1. The molecule has 0 radical (unpaired) electrons. The van der Waals surface area contributed by atoms with E-state index < -0.39 is 36.7 Å². The summed E-state index contributed by atoms with van der Waals surface area (Å²) in [5.41, 5.74) is -1.74. The SMILES string of the molecule is O=C(NCC(F)(F)F)C(=O)NCC(O)(c1ccco1)c1cccs1. The largest absolute Gasteiger partial charge is 0.466 e. The van der Waals surface area contributed by atoms with Crippen LogP contribution in [0.5, 0.6) is 0 Å². The summed E-state index contributed by atoms with van der Waals surface area (Å²) in [5.74, 6) is -2.61. The first-order chi connectivity index (χ1) is 11.2. The number of amides is 2. The number of rotatable bonds is 5. The number of thiophene rings is 1. The molecule has 0 spiro atoms. The molecule has 2 aromatic rings. The van der Waals surface area contributed by atoms with Crippen LogP contribution in [0.1, 0.15) is 10.6 Å². The minimum Gasteiger partial charge on any atom is -0.466 e. The Morgan fingerprint density at radius 1 is 1.12 bits per heavy atom. The molecular weight excluding hydrogens is 349 g/mol. The van der Waals surface area contributed by atoms with Gasteiger partial charge in [0.15, 0.2) is 5.60 Å². The van der Waals surface area contributed by atoms with Crippen LogP contribution in [0.3, 0.4) is 0 Å². The van der Waals surface area contributed by atoms with E-state index in [2.05, 4.69) is 5.32 Å². The monoisotopic (exact) mass is 362 g/mol. The van der Waals surface area contributed by atoms with E-state index in [1.54, 1.807) is 17.5 Å². The number of aliphatic hydroxyl groups is 1. The van der Waals surface area contributed by atoms with Gasteiger partial charge in [-0.1, -0.05) is 6.07 Å². The van der Waals surface area contributed by atoms with Crippen molar-refractivity contribution in [2.24, 2.45) is 0 Å². The van der Waals surface area contributed by atoms with E-state index in [-0.39, 0.29) is 5.76 Å². The van der Waals surface area contributed by atoms with Gasteiger partial charge in [0, 0.05) is 4.88 Å². The van der Waals surface area contributed by atoms with E-state index in [1.807, 2.05) is 0 Å². The Kier molecular flexibility index (Phi) is 5.30. The van der Waals surface area contributed by atoms with Gasteiger partial charge in [-0.25, -0.2) is 0 Å². The minimum atomic E-state index is -4.62. The zero-order valence-electron chi connectivity index (χ0n) is 12.1. The fraction of sp³-hybridized carbons (Fsp3) is 0.286. The second-order valence-electron chi connectivity index (χ2n) is 4.80. The highest BCUT2D eigenvalue weighted by atomic mass is 32.1. The van der Waals surface area contributed by atoms with Gasteiger partial charge in [0.25, 0.3) is 0 Å². The normalized spacial score (nSPS) is 14.0. The molecule has 0 aliphatic heterocycles. The van der Waals surface area contributed by atoms with Gasteiger partial charge in [-0.2, -0.15) is 13.2 Å². The third-order valence-electron chi connectivity index (χ3n) is 3.02. The van der Waals surface area contributed by atoms with Gasteiger partial charge in [-0.05, 0) is 23.6 Å². The first kappa shape index (κ1) is 18.0. The van der Waals surface area contributed by atoms with Gasteiger partial charge >= 0.3 is 18.0 Å². The molecular formula is C14H13F3N2O4S. The molecule has 0 aliphatic rings. The molecule has 2 heterocycles. The van der Waals surface area contributed by atoms with Crippen LogP contribution in [0.4, 0.5) is 13.2 Å². The molecule has 10 heteroatoms. The molecule has 3 N–H and O–H groups in total. The number of alkyl halides is 3.